The molecule has 2 aromatic rings. The van der Waals surface area contributed by atoms with Crippen LogP contribution in [-0.2, 0) is 10.0 Å². The molecule has 0 spiro atoms. The molecule has 0 atom stereocenters. The monoisotopic (exact) mass is 350 g/mol. The van der Waals surface area contributed by atoms with Gasteiger partial charge in [-0.05, 0) is 32.0 Å². The van der Waals surface area contributed by atoms with Crippen molar-refractivity contribution < 1.29 is 18.1 Å². The molecule has 0 bridgehead atoms. The maximum absolute atomic E-state index is 12.8. The molecular formula is C16H18N2O5S. The minimum absolute atomic E-state index is 0.135. The van der Waals surface area contributed by atoms with Gasteiger partial charge in [0.2, 0.25) is 0 Å². The predicted octanol–water partition coefficient (Wildman–Crippen LogP) is 3.13. The molecule has 0 aliphatic carbocycles. The molecule has 0 aromatic heterocycles. The molecule has 2 rings (SSSR count). The van der Waals surface area contributed by atoms with Crippen molar-refractivity contribution in [1.82, 2.24) is 0 Å². The summed E-state index contributed by atoms with van der Waals surface area (Å²) < 4.78 is 31.9. The van der Waals surface area contributed by atoms with Gasteiger partial charge in [0.15, 0.2) is 0 Å². The third kappa shape index (κ3) is 3.48. The number of ether oxygens (including phenoxy) is 1. The Morgan fingerprint density at radius 3 is 2.54 bits per heavy atom. The number of anilines is 1. The van der Waals surface area contributed by atoms with Crippen molar-refractivity contribution in [3.05, 3.63) is 58.1 Å². The molecule has 0 saturated heterocycles. The summed E-state index contributed by atoms with van der Waals surface area (Å²) in [4.78, 5) is 10.3. The van der Waals surface area contributed by atoms with Crippen molar-refractivity contribution in [2.24, 2.45) is 0 Å². The van der Waals surface area contributed by atoms with Gasteiger partial charge < -0.3 is 4.74 Å². The fourth-order valence-corrected chi connectivity index (χ4v) is 3.39. The Kier molecular flexibility index (Phi) is 5.08. The van der Waals surface area contributed by atoms with E-state index < -0.39 is 14.9 Å². The summed E-state index contributed by atoms with van der Waals surface area (Å²) in [5.41, 5.74) is 0.580. The second-order valence-electron chi connectivity index (χ2n) is 5.11. The first-order valence-electron chi connectivity index (χ1n) is 7.24. The third-order valence-corrected chi connectivity index (χ3v) is 5.31. The van der Waals surface area contributed by atoms with Crippen LogP contribution in [-0.4, -0.2) is 27.0 Å². The second-order valence-corrected chi connectivity index (χ2v) is 7.08. The summed E-state index contributed by atoms with van der Waals surface area (Å²) in [6.45, 7) is 3.85. The number of benzene rings is 2. The van der Waals surface area contributed by atoms with E-state index in [1.54, 1.807) is 31.2 Å². The molecule has 0 aliphatic rings. The van der Waals surface area contributed by atoms with Crippen LogP contribution in [0.25, 0.3) is 0 Å². The molecular weight excluding hydrogens is 332 g/mol. The van der Waals surface area contributed by atoms with Crippen LogP contribution in [0.5, 0.6) is 5.75 Å². The number of sulfonamides is 1. The normalized spacial score (nSPS) is 11.1. The summed E-state index contributed by atoms with van der Waals surface area (Å²) in [6.07, 6.45) is 0. The highest BCUT2D eigenvalue weighted by molar-refractivity contribution is 7.92. The van der Waals surface area contributed by atoms with E-state index in [2.05, 4.69) is 0 Å². The first kappa shape index (κ1) is 17.7. The topological polar surface area (TPSA) is 89.8 Å². The standard InChI is InChI=1S/C16H18N2O5S/c1-4-23-14-7-5-6-13(10-14)17(3)24(21,22)15-9-8-12(2)16(11-15)18(19)20/h5-11H,4H2,1-3H3. The summed E-state index contributed by atoms with van der Waals surface area (Å²) in [6, 6.07) is 10.5. The first-order valence-corrected chi connectivity index (χ1v) is 8.68. The Bertz CT molecular complexity index is 865. The van der Waals surface area contributed by atoms with E-state index in [4.69, 9.17) is 4.74 Å². The molecule has 128 valence electrons. The minimum Gasteiger partial charge on any atom is -0.494 e. The van der Waals surface area contributed by atoms with Gasteiger partial charge in [0.25, 0.3) is 15.7 Å². The van der Waals surface area contributed by atoms with Crippen molar-refractivity contribution in [2.45, 2.75) is 18.7 Å². The van der Waals surface area contributed by atoms with Gasteiger partial charge in [-0.25, -0.2) is 8.42 Å². The van der Waals surface area contributed by atoms with Crippen molar-refractivity contribution in [1.29, 1.82) is 0 Å². The SMILES string of the molecule is CCOc1cccc(N(C)S(=O)(=O)c2ccc(C)c([N+](=O)[O-])c2)c1. The summed E-state index contributed by atoms with van der Waals surface area (Å²) in [5, 5.41) is 11.0. The fraction of sp³-hybridized carbons (Fsp3) is 0.250. The molecule has 0 amide bonds. The molecule has 0 heterocycles. The maximum atomic E-state index is 12.8. The molecule has 8 heteroatoms. The Balaban J connectivity index is 2.45. The van der Waals surface area contributed by atoms with Gasteiger partial charge in [-0.1, -0.05) is 12.1 Å². The lowest BCUT2D eigenvalue weighted by molar-refractivity contribution is -0.385. The average molecular weight is 350 g/mol. The van der Waals surface area contributed by atoms with Gasteiger partial charge in [0.05, 0.1) is 22.1 Å². The fourth-order valence-electron chi connectivity index (χ4n) is 2.18. The Morgan fingerprint density at radius 1 is 1.21 bits per heavy atom. The van der Waals surface area contributed by atoms with Gasteiger partial charge in [0.1, 0.15) is 5.75 Å². The lowest BCUT2D eigenvalue weighted by atomic mass is 10.2. The molecule has 0 fully saturated rings. The van der Waals surface area contributed by atoms with Gasteiger partial charge in [-0.3, -0.25) is 14.4 Å². The Morgan fingerprint density at radius 2 is 1.92 bits per heavy atom. The van der Waals surface area contributed by atoms with Gasteiger partial charge in [-0.2, -0.15) is 0 Å². The lowest BCUT2D eigenvalue weighted by Crippen LogP contribution is -2.26. The largest absolute Gasteiger partial charge is 0.494 e. The quantitative estimate of drug-likeness (QED) is 0.590. The summed E-state index contributed by atoms with van der Waals surface area (Å²) in [5.74, 6) is 0.548. The highest BCUT2D eigenvalue weighted by Crippen LogP contribution is 2.28. The molecule has 0 aliphatic heterocycles. The van der Waals surface area contributed by atoms with Crippen molar-refractivity contribution in [2.75, 3.05) is 18.0 Å². The Hall–Kier alpha value is -2.61. The van der Waals surface area contributed by atoms with Crippen LogP contribution >= 0.6 is 0 Å². The number of rotatable bonds is 6. The number of hydrogen-bond donors (Lipinski definition) is 0. The molecule has 7 nitrogen and oxygen atoms in total. The number of aryl methyl sites for hydroxylation is 1. The van der Waals surface area contributed by atoms with E-state index in [9.17, 15) is 18.5 Å². The number of nitro benzene ring substituents is 1. The maximum Gasteiger partial charge on any atom is 0.273 e. The van der Waals surface area contributed by atoms with Gasteiger partial charge in [-0.15, -0.1) is 0 Å². The van der Waals surface area contributed by atoms with Crippen LogP contribution in [0.1, 0.15) is 12.5 Å². The zero-order valence-corrected chi connectivity index (χ0v) is 14.4. The molecule has 0 N–H and O–H groups in total. The average Bonchev–Trinajstić information content (AvgIpc) is 2.54. The second kappa shape index (κ2) is 6.88. The van der Waals surface area contributed by atoms with E-state index in [-0.39, 0.29) is 10.6 Å². The molecule has 0 radical (unpaired) electrons. The van der Waals surface area contributed by atoms with Crippen LogP contribution in [0.2, 0.25) is 0 Å². The summed E-state index contributed by atoms with van der Waals surface area (Å²) in [7, 11) is -2.53. The highest BCUT2D eigenvalue weighted by atomic mass is 32.2. The van der Waals surface area contributed by atoms with E-state index in [0.29, 0.717) is 23.6 Å². The van der Waals surface area contributed by atoms with Crippen LogP contribution in [0, 0.1) is 17.0 Å². The van der Waals surface area contributed by atoms with Crippen molar-refractivity contribution in [3.8, 4) is 5.75 Å². The smallest absolute Gasteiger partial charge is 0.273 e. The molecule has 0 unspecified atom stereocenters. The zero-order valence-electron chi connectivity index (χ0n) is 13.6. The molecule has 2 aromatic carbocycles. The van der Waals surface area contributed by atoms with E-state index in [1.165, 1.54) is 19.2 Å². The predicted molar refractivity (Wildman–Crippen MR) is 91.0 cm³/mol. The minimum atomic E-state index is -3.92. The first-order chi connectivity index (χ1) is 11.3. The number of hydrogen-bond acceptors (Lipinski definition) is 5. The number of nitrogens with zero attached hydrogens (tertiary/aromatic N) is 2. The van der Waals surface area contributed by atoms with E-state index in [0.717, 1.165) is 10.4 Å². The van der Waals surface area contributed by atoms with Crippen molar-refractivity contribution in [3.63, 3.8) is 0 Å². The molecule has 0 saturated carbocycles. The van der Waals surface area contributed by atoms with Crippen LogP contribution in [0.3, 0.4) is 0 Å². The van der Waals surface area contributed by atoms with Crippen LogP contribution in [0.4, 0.5) is 11.4 Å². The van der Waals surface area contributed by atoms with Gasteiger partial charge in [0, 0.05) is 24.7 Å². The highest BCUT2D eigenvalue weighted by Gasteiger charge is 2.24. The zero-order chi connectivity index (χ0) is 17.9. The molecule has 24 heavy (non-hydrogen) atoms. The third-order valence-electron chi connectivity index (χ3n) is 3.53. The number of nitro groups is 1. The lowest BCUT2D eigenvalue weighted by Gasteiger charge is -2.20. The van der Waals surface area contributed by atoms with Gasteiger partial charge >= 0.3 is 0 Å². The Labute approximate surface area is 140 Å². The van der Waals surface area contributed by atoms with E-state index >= 15 is 0 Å². The van der Waals surface area contributed by atoms with E-state index in [1.807, 2.05) is 6.92 Å². The van der Waals surface area contributed by atoms with Crippen LogP contribution < -0.4 is 9.04 Å². The summed E-state index contributed by atoms with van der Waals surface area (Å²) >= 11 is 0. The van der Waals surface area contributed by atoms with Crippen LogP contribution in [0.15, 0.2) is 47.4 Å². The van der Waals surface area contributed by atoms with Crippen molar-refractivity contribution >= 4 is 21.4 Å².